The molecule has 3 aromatic rings. The number of carbonyl (C=O) groups excluding carboxylic acids is 1. The third-order valence-electron chi connectivity index (χ3n) is 4.35. The number of benzene rings is 1. The Balaban J connectivity index is 1.46. The number of sulfone groups is 1. The number of hydrogen-bond donors (Lipinski definition) is 2. The van der Waals surface area contributed by atoms with E-state index in [4.69, 9.17) is 0 Å². The average molecular weight is 383 g/mol. The zero-order chi connectivity index (χ0) is 18.9. The molecule has 0 radical (unpaired) electrons. The van der Waals surface area contributed by atoms with Crippen molar-refractivity contribution in [2.24, 2.45) is 0 Å². The molecule has 9 heteroatoms. The third-order valence-corrected chi connectivity index (χ3v) is 6.12. The van der Waals surface area contributed by atoms with Gasteiger partial charge in [0.15, 0.2) is 9.84 Å². The molecule has 1 amide bonds. The minimum absolute atomic E-state index is 0.0279. The Labute approximate surface area is 156 Å². The normalized spacial score (nSPS) is 18.3. The summed E-state index contributed by atoms with van der Waals surface area (Å²) in [7, 11) is -3.05. The van der Waals surface area contributed by atoms with Crippen LogP contribution < -0.4 is 10.6 Å². The Bertz CT molecular complexity index is 1090. The molecule has 3 heterocycles. The van der Waals surface area contributed by atoms with E-state index in [1.165, 1.54) is 12.4 Å². The molecule has 0 saturated carbocycles. The number of carbonyl (C=O) groups is 1. The van der Waals surface area contributed by atoms with Gasteiger partial charge < -0.3 is 10.6 Å². The van der Waals surface area contributed by atoms with Gasteiger partial charge in [0.05, 0.1) is 35.1 Å². The summed E-state index contributed by atoms with van der Waals surface area (Å²) < 4.78 is 23.0. The molecular weight excluding hydrogens is 366 g/mol. The smallest absolute Gasteiger partial charge is 0.271 e. The molecule has 1 fully saturated rings. The van der Waals surface area contributed by atoms with Crippen LogP contribution in [0.1, 0.15) is 16.9 Å². The SMILES string of the molecule is O=C(NC1CCS(=O)(=O)C1)c1cnc(Nc2cccc3cccnc23)cn1. The van der Waals surface area contributed by atoms with Gasteiger partial charge >= 0.3 is 0 Å². The van der Waals surface area contributed by atoms with Gasteiger partial charge in [-0.05, 0) is 18.6 Å². The summed E-state index contributed by atoms with van der Waals surface area (Å²) in [5.74, 6) is 0.127. The molecule has 1 aromatic carbocycles. The van der Waals surface area contributed by atoms with Gasteiger partial charge in [-0.2, -0.15) is 0 Å². The van der Waals surface area contributed by atoms with Crippen molar-refractivity contribution in [3.63, 3.8) is 0 Å². The summed E-state index contributed by atoms with van der Waals surface area (Å²) in [5.41, 5.74) is 1.74. The minimum Gasteiger partial charge on any atom is -0.347 e. The fourth-order valence-corrected chi connectivity index (χ4v) is 4.69. The van der Waals surface area contributed by atoms with E-state index in [1.54, 1.807) is 6.20 Å². The standard InChI is InChI=1S/C18H17N5O3S/c24-18(22-13-6-8-27(25,26)11-13)15-9-21-16(10-20-15)23-14-5-1-3-12-4-2-7-19-17(12)14/h1-5,7,9-10,13H,6,8,11H2,(H,21,23)(H,22,24). The lowest BCUT2D eigenvalue weighted by molar-refractivity contribution is 0.0935. The number of rotatable bonds is 4. The average Bonchev–Trinajstić information content (AvgIpc) is 3.01. The number of nitrogens with one attached hydrogen (secondary N) is 2. The predicted octanol–water partition coefficient (Wildman–Crippen LogP) is 1.69. The minimum atomic E-state index is -3.05. The van der Waals surface area contributed by atoms with Gasteiger partial charge in [0, 0.05) is 17.6 Å². The molecule has 1 atom stereocenters. The Hall–Kier alpha value is -3.07. The highest BCUT2D eigenvalue weighted by atomic mass is 32.2. The molecule has 2 N–H and O–H groups in total. The topological polar surface area (TPSA) is 114 Å². The van der Waals surface area contributed by atoms with Gasteiger partial charge in [0.2, 0.25) is 0 Å². The quantitative estimate of drug-likeness (QED) is 0.704. The van der Waals surface area contributed by atoms with Gasteiger partial charge in [0.25, 0.3) is 5.91 Å². The van der Waals surface area contributed by atoms with Gasteiger partial charge in [-0.15, -0.1) is 0 Å². The first-order valence-corrected chi connectivity index (χ1v) is 10.3. The van der Waals surface area contributed by atoms with E-state index in [-0.39, 0.29) is 23.2 Å². The van der Waals surface area contributed by atoms with Crippen molar-refractivity contribution in [3.05, 3.63) is 54.6 Å². The van der Waals surface area contributed by atoms with Crippen LogP contribution in [-0.4, -0.2) is 46.8 Å². The van der Waals surface area contributed by atoms with Gasteiger partial charge in [0.1, 0.15) is 11.5 Å². The van der Waals surface area contributed by atoms with Crippen LogP contribution in [0, 0.1) is 0 Å². The summed E-state index contributed by atoms with van der Waals surface area (Å²) in [5, 5.41) is 6.84. The van der Waals surface area contributed by atoms with Crippen molar-refractivity contribution in [2.75, 3.05) is 16.8 Å². The molecule has 0 spiro atoms. The zero-order valence-electron chi connectivity index (χ0n) is 14.3. The summed E-state index contributed by atoms with van der Waals surface area (Å²) in [4.78, 5) is 24.9. The second kappa shape index (κ2) is 6.92. The monoisotopic (exact) mass is 383 g/mol. The number of anilines is 2. The maximum absolute atomic E-state index is 12.2. The van der Waals surface area contributed by atoms with Gasteiger partial charge in [-0.3, -0.25) is 9.78 Å². The van der Waals surface area contributed by atoms with E-state index in [2.05, 4.69) is 25.6 Å². The van der Waals surface area contributed by atoms with E-state index < -0.39 is 15.7 Å². The molecule has 27 heavy (non-hydrogen) atoms. The van der Waals surface area contributed by atoms with Crippen LogP contribution in [0.5, 0.6) is 0 Å². The lowest BCUT2D eigenvalue weighted by Crippen LogP contribution is -2.36. The number of aromatic nitrogens is 3. The molecule has 8 nitrogen and oxygen atoms in total. The summed E-state index contributed by atoms with van der Waals surface area (Å²) in [6.45, 7) is 0. The number of nitrogens with zero attached hydrogens (tertiary/aromatic N) is 3. The Morgan fingerprint density at radius 1 is 1.07 bits per heavy atom. The Morgan fingerprint density at radius 2 is 1.93 bits per heavy atom. The number of para-hydroxylation sites is 1. The molecule has 1 saturated heterocycles. The lowest BCUT2D eigenvalue weighted by Gasteiger charge is -2.11. The first kappa shape index (κ1) is 17.3. The summed E-state index contributed by atoms with van der Waals surface area (Å²) in [6, 6.07) is 9.24. The summed E-state index contributed by atoms with van der Waals surface area (Å²) in [6.07, 6.45) is 4.97. The fourth-order valence-electron chi connectivity index (χ4n) is 3.02. The van der Waals surface area contributed by atoms with Crippen molar-refractivity contribution in [3.8, 4) is 0 Å². The highest BCUT2D eigenvalue weighted by Crippen LogP contribution is 2.23. The van der Waals surface area contributed by atoms with Crippen LogP contribution in [0.2, 0.25) is 0 Å². The highest BCUT2D eigenvalue weighted by molar-refractivity contribution is 7.91. The van der Waals surface area contributed by atoms with Crippen molar-refractivity contribution < 1.29 is 13.2 Å². The van der Waals surface area contributed by atoms with E-state index in [0.29, 0.717) is 12.2 Å². The van der Waals surface area contributed by atoms with Crippen molar-refractivity contribution >= 4 is 38.2 Å². The van der Waals surface area contributed by atoms with Crippen LogP contribution in [0.3, 0.4) is 0 Å². The number of hydrogen-bond acceptors (Lipinski definition) is 7. The van der Waals surface area contributed by atoms with E-state index >= 15 is 0 Å². The van der Waals surface area contributed by atoms with Crippen LogP contribution in [0.15, 0.2) is 48.9 Å². The van der Waals surface area contributed by atoms with Crippen LogP contribution in [0.4, 0.5) is 11.5 Å². The maximum Gasteiger partial charge on any atom is 0.271 e. The van der Waals surface area contributed by atoms with Crippen LogP contribution in [0.25, 0.3) is 10.9 Å². The van der Waals surface area contributed by atoms with E-state index in [1.807, 2.05) is 30.3 Å². The molecule has 1 aliphatic rings. The molecular formula is C18H17N5O3S. The predicted molar refractivity (Wildman–Crippen MR) is 102 cm³/mol. The van der Waals surface area contributed by atoms with Crippen molar-refractivity contribution in [1.29, 1.82) is 0 Å². The first-order chi connectivity index (χ1) is 13.0. The second-order valence-electron chi connectivity index (χ2n) is 6.37. The molecule has 1 aliphatic heterocycles. The zero-order valence-corrected chi connectivity index (χ0v) is 15.1. The largest absolute Gasteiger partial charge is 0.347 e. The molecule has 138 valence electrons. The second-order valence-corrected chi connectivity index (χ2v) is 8.59. The lowest BCUT2D eigenvalue weighted by atomic mass is 10.2. The molecule has 4 rings (SSSR count). The maximum atomic E-state index is 12.2. The van der Waals surface area contributed by atoms with Crippen LogP contribution in [-0.2, 0) is 9.84 Å². The number of amides is 1. The third kappa shape index (κ3) is 3.87. The van der Waals surface area contributed by atoms with E-state index in [9.17, 15) is 13.2 Å². The molecule has 1 unspecified atom stereocenters. The van der Waals surface area contributed by atoms with Gasteiger partial charge in [-0.1, -0.05) is 18.2 Å². The Morgan fingerprint density at radius 3 is 2.67 bits per heavy atom. The highest BCUT2D eigenvalue weighted by Gasteiger charge is 2.29. The number of fused-ring (bicyclic) bond motifs is 1. The van der Waals surface area contributed by atoms with Crippen LogP contribution >= 0.6 is 0 Å². The van der Waals surface area contributed by atoms with Gasteiger partial charge in [-0.25, -0.2) is 18.4 Å². The van der Waals surface area contributed by atoms with Crippen molar-refractivity contribution in [2.45, 2.75) is 12.5 Å². The molecule has 2 aromatic heterocycles. The van der Waals surface area contributed by atoms with E-state index in [0.717, 1.165) is 16.6 Å². The first-order valence-electron chi connectivity index (χ1n) is 8.44. The summed E-state index contributed by atoms with van der Waals surface area (Å²) >= 11 is 0. The Kier molecular flexibility index (Phi) is 4.44. The molecule has 0 bridgehead atoms. The number of pyridine rings is 1. The molecule has 0 aliphatic carbocycles. The fraction of sp³-hybridized carbons (Fsp3) is 0.222. The van der Waals surface area contributed by atoms with Crippen molar-refractivity contribution in [1.82, 2.24) is 20.3 Å².